The number of nitrogens with zero attached hydrogens (tertiary/aromatic N) is 1. The zero-order chi connectivity index (χ0) is 17.3. The Hall–Kier alpha value is -2.59. The number of fused-ring (bicyclic) bond motifs is 1. The Morgan fingerprint density at radius 1 is 1.04 bits per heavy atom. The van der Waals surface area contributed by atoms with Gasteiger partial charge in [0.25, 0.3) is 0 Å². The van der Waals surface area contributed by atoms with Crippen molar-refractivity contribution in [2.45, 2.75) is 20.8 Å². The van der Waals surface area contributed by atoms with Crippen LogP contribution in [-0.4, -0.2) is 18.1 Å². The van der Waals surface area contributed by atoms with Crippen LogP contribution in [0.1, 0.15) is 27.2 Å². The van der Waals surface area contributed by atoms with E-state index in [-0.39, 0.29) is 18.4 Å². The third kappa shape index (κ3) is 3.74. The van der Waals surface area contributed by atoms with Crippen LogP contribution >= 0.6 is 0 Å². The number of aromatic nitrogens is 1. The summed E-state index contributed by atoms with van der Waals surface area (Å²) in [5.41, 5.74) is 6.67. The lowest BCUT2D eigenvalue weighted by Crippen LogP contribution is -3.00. The molecule has 0 atom stereocenters. The number of methoxy groups -OCH3 is 1. The fraction of sp³-hybridized carbons (Fsp3) is 0.200. The maximum absolute atomic E-state index is 11.8. The van der Waals surface area contributed by atoms with E-state index in [0.29, 0.717) is 5.56 Å². The van der Waals surface area contributed by atoms with Crippen molar-refractivity contribution >= 4 is 28.2 Å². The zero-order valence-corrected chi connectivity index (χ0v) is 15.4. The van der Waals surface area contributed by atoms with Crippen molar-refractivity contribution in [1.29, 1.82) is 0 Å². The molecule has 0 fully saturated rings. The van der Waals surface area contributed by atoms with Gasteiger partial charge in [-0.1, -0.05) is 12.1 Å². The summed E-state index contributed by atoms with van der Waals surface area (Å²) in [6.07, 6.45) is 0. The first-order chi connectivity index (χ1) is 11.5. The second-order valence-corrected chi connectivity index (χ2v) is 5.91. The third-order valence-corrected chi connectivity index (χ3v) is 4.23. The van der Waals surface area contributed by atoms with Gasteiger partial charge in [0.05, 0.1) is 18.2 Å². The smallest absolute Gasteiger partial charge is 0.337 e. The molecule has 0 aliphatic rings. The highest BCUT2D eigenvalue weighted by Crippen LogP contribution is 2.29. The molecule has 0 aliphatic carbocycles. The summed E-state index contributed by atoms with van der Waals surface area (Å²) in [4.78, 5) is 16.4. The number of nitrogens with one attached hydrogen (secondary N) is 1. The Morgan fingerprint density at radius 3 is 2.52 bits per heavy atom. The van der Waals surface area contributed by atoms with Crippen LogP contribution in [0.4, 0.5) is 11.4 Å². The lowest BCUT2D eigenvalue weighted by atomic mass is 10.1. The van der Waals surface area contributed by atoms with Crippen LogP contribution in [0.15, 0.2) is 42.5 Å². The van der Waals surface area contributed by atoms with Gasteiger partial charge in [-0.15, -0.1) is 0 Å². The van der Waals surface area contributed by atoms with E-state index >= 15 is 0 Å². The van der Waals surface area contributed by atoms with Crippen molar-refractivity contribution in [3.8, 4) is 0 Å². The lowest BCUT2D eigenvalue weighted by Gasteiger charge is -2.14. The number of carbonyl (C=O) groups excluding carboxylic acids is 1. The number of aryl methyl sites for hydroxylation is 2. The molecular weight excluding hydrogens is 336 g/mol. The Balaban J connectivity index is 0.00000225. The highest BCUT2D eigenvalue weighted by atomic mass is 35.5. The van der Waals surface area contributed by atoms with Gasteiger partial charge in [-0.3, -0.25) is 4.98 Å². The molecule has 1 heterocycles. The highest BCUT2D eigenvalue weighted by molar-refractivity contribution is 5.99. The SMILES string of the molecule is COC(=O)c1ccc2nc(C)cc(Nc3cccc(C)c3C)c2c1.[Cl-]. The molecule has 0 aliphatic heterocycles. The molecule has 2 aromatic carbocycles. The topological polar surface area (TPSA) is 51.2 Å². The highest BCUT2D eigenvalue weighted by Gasteiger charge is 2.11. The van der Waals surface area contributed by atoms with Gasteiger partial charge < -0.3 is 22.5 Å². The Labute approximate surface area is 153 Å². The first kappa shape index (κ1) is 18.7. The quantitative estimate of drug-likeness (QED) is 0.726. The number of hydrogen-bond donors (Lipinski definition) is 1. The minimum atomic E-state index is -0.352. The van der Waals surface area contributed by atoms with Crippen LogP contribution < -0.4 is 17.7 Å². The Kier molecular flexibility index (Phi) is 5.65. The van der Waals surface area contributed by atoms with E-state index in [2.05, 4.69) is 30.2 Å². The van der Waals surface area contributed by atoms with Crippen molar-refractivity contribution in [2.75, 3.05) is 12.4 Å². The van der Waals surface area contributed by atoms with Gasteiger partial charge >= 0.3 is 5.97 Å². The van der Waals surface area contributed by atoms with Gasteiger partial charge in [-0.2, -0.15) is 0 Å². The molecule has 0 saturated carbocycles. The summed E-state index contributed by atoms with van der Waals surface area (Å²) < 4.78 is 4.82. The lowest BCUT2D eigenvalue weighted by molar-refractivity contribution is -0.0000196. The second kappa shape index (κ2) is 7.53. The molecule has 25 heavy (non-hydrogen) atoms. The molecule has 4 nitrogen and oxygen atoms in total. The molecular formula is C20H20ClN2O2-. The molecule has 0 radical (unpaired) electrons. The van der Waals surface area contributed by atoms with E-state index in [0.717, 1.165) is 28.0 Å². The first-order valence-corrected chi connectivity index (χ1v) is 7.82. The van der Waals surface area contributed by atoms with E-state index in [1.165, 1.54) is 18.2 Å². The zero-order valence-electron chi connectivity index (χ0n) is 14.7. The van der Waals surface area contributed by atoms with Crippen LogP contribution in [0.2, 0.25) is 0 Å². The van der Waals surface area contributed by atoms with Crippen LogP contribution in [0.3, 0.4) is 0 Å². The molecule has 0 amide bonds. The van der Waals surface area contributed by atoms with Gasteiger partial charge in [-0.25, -0.2) is 4.79 Å². The van der Waals surface area contributed by atoms with Gasteiger partial charge in [0.15, 0.2) is 0 Å². The van der Waals surface area contributed by atoms with Gasteiger partial charge in [-0.05, 0) is 62.2 Å². The van der Waals surface area contributed by atoms with E-state index in [9.17, 15) is 4.79 Å². The number of carbonyl (C=O) groups is 1. The minimum absolute atomic E-state index is 0. The van der Waals surface area contributed by atoms with E-state index < -0.39 is 0 Å². The van der Waals surface area contributed by atoms with Crippen molar-refractivity contribution in [3.05, 3.63) is 64.8 Å². The molecule has 1 N–H and O–H groups in total. The number of rotatable bonds is 3. The molecule has 0 spiro atoms. The van der Waals surface area contributed by atoms with Crippen molar-refractivity contribution in [3.63, 3.8) is 0 Å². The van der Waals surface area contributed by atoms with E-state index in [1.54, 1.807) is 6.07 Å². The fourth-order valence-electron chi connectivity index (χ4n) is 2.74. The summed E-state index contributed by atoms with van der Waals surface area (Å²) >= 11 is 0. The van der Waals surface area contributed by atoms with Crippen molar-refractivity contribution in [1.82, 2.24) is 4.98 Å². The number of benzene rings is 2. The maximum atomic E-state index is 11.8. The van der Waals surface area contributed by atoms with E-state index in [4.69, 9.17) is 4.74 Å². The minimum Gasteiger partial charge on any atom is -1.00 e. The van der Waals surface area contributed by atoms with Gasteiger partial charge in [0.1, 0.15) is 0 Å². The summed E-state index contributed by atoms with van der Waals surface area (Å²) in [6, 6.07) is 13.6. The normalized spacial score (nSPS) is 10.2. The predicted molar refractivity (Wildman–Crippen MR) is 97.0 cm³/mol. The van der Waals surface area contributed by atoms with Crippen LogP contribution in [0, 0.1) is 20.8 Å². The van der Waals surface area contributed by atoms with Crippen LogP contribution in [0.5, 0.6) is 0 Å². The molecule has 3 aromatic rings. The average molecular weight is 356 g/mol. The Morgan fingerprint density at radius 2 is 1.80 bits per heavy atom. The summed E-state index contributed by atoms with van der Waals surface area (Å²) in [5.74, 6) is -0.352. The van der Waals surface area contributed by atoms with Gasteiger partial charge in [0.2, 0.25) is 0 Å². The largest absolute Gasteiger partial charge is 1.00 e. The average Bonchev–Trinajstić information content (AvgIpc) is 2.57. The number of ether oxygens (including phenoxy) is 1. The monoisotopic (exact) mass is 355 g/mol. The maximum Gasteiger partial charge on any atom is 0.337 e. The Bertz CT molecular complexity index is 938. The molecule has 0 saturated heterocycles. The molecule has 5 heteroatoms. The number of halogens is 1. The molecule has 3 rings (SSSR count). The summed E-state index contributed by atoms with van der Waals surface area (Å²) in [7, 11) is 1.38. The van der Waals surface area contributed by atoms with Crippen LogP contribution in [-0.2, 0) is 4.74 Å². The van der Waals surface area contributed by atoms with Crippen molar-refractivity contribution in [2.24, 2.45) is 0 Å². The number of esters is 1. The van der Waals surface area contributed by atoms with Gasteiger partial charge in [0, 0.05) is 22.5 Å². The molecule has 0 bridgehead atoms. The second-order valence-electron chi connectivity index (χ2n) is 5.91. The third-order valence-electron chi connectivity index (χ3n) is 4.23. The first-order valence-electron chi connectivity index (χ1n) is 7.82. The summed E-state index contributed by atoms with van der Waals surface area (Å²) in [6.45, 7) is 6.14. The summed E-state index contributed by atoms with van der Waals surface area (Å²) in [5, 5.41) is 4.38. The van der Waals surface area contributed by atoms with Crippen molar-refractivity contribution < 1.29 is 21.9 Å². The number of anilines is 2. The van der Waals surface area contributed by atoms with E-state index in [1.807, 2.05) is 37.3 Å². The fourth-order valence-corrected chi connectivity index (χ4v) is 2.74. The number of hydrogen-bond acceptors (Lipinski definition) is 4. The predicted octanol–water partition coefficient (Wildman–Crippen LogP) is 1.69. The molecule has 130 valence electrons. The standard InChI is InChI=1S/C20H20N2O2.ClH/c1-12-6-5-7-17(14(12)3)22-19-10-13(2)21-18-9-8-15(11-16(18)19)20(23)24-4;/h5-11H,1-4H3,(H,21,22);1H/p-1. The van der Waals surface area contributed by atoms with Crippen LogP contribution in [0.25, 0.3) is 10.9 Å². The molecule has 1 aromatic heterocycles. The number of pyridine rings is 1. The molecule has 0 unspecified atom stereocenters.